The molecule has 2 aromatic carbocycles. The minimum absolute atomic E-state index is 0.0449. The lowest BCUT2D eigenvalue weighted by Gasteiger charge is -2.22. The smallest absolute Gasteiger partial charge is 0.251 e. The van der Waals surface area contributed by atoms with Crippen molar-refractivity contribution in [2.45, 2.75) is 12.8 Å². The largest absolute Gasteiger partial charge is 0.354 e. The van der Waals surface area contributed by atoms with Crippen molar-refractivity contribution in [3.63, 3.8) is 0 Å². The molecule has 1 amide bonds. The van der Waals surface area contributed by atoms with Crippen LogP contribution in [0.2, 0.25) is 0 Å². The van der Waals surface area contributed by atoms with Crippen LogP contribution >= 0.6 is 0 Å². The SMILES string of the molecule is CN=C(NCCNC(=O)c1ccccc1)N1CCC(Cc2ccccc2)C1. The van der Waals surface area contributed by atoms with E-state index in [4.69, 9.17) is 0 Å². The first-order valence-corrected chi connectivity index (χ1v) is 9.59. The molecule has 0 radical (unpaired) electrons. The van der Waals surface area contributed by atoms with Crippen molar-refractivity contribution < 1.29 is 4.79 Å². The molecule has 0 bridgehead atoms. The van der Waals surface area contributed by atoms with E-state index >= 15 is 0 Å². The molecular weight excluding hydrogens is 336 g/mol. The zero-order chi connectivity index (χ0) is 18.9. The van der Waals surface area contributed by atoms with Gasteiger partial charge in [-0.1, -0.05) is 48.5 Å². The first-order chi connectivity index (χ1) is 13.3. The highest BCUT2D eigenvalue weighted by molar-refractivity contribution is 5.94. The molecule has 5 nitrogen and oxygen atoms in total. The summed E-state index contributed by atoms with van der Waals surface area (Å²) in [5.74, 6) is 1.53. The van der Waals surface area contributed by atoms with Crippen LogP contribution in [-0.2, 0) is 6.42 Å². The molecule has 3 rings (SSSR count). The lowest BCUT2D eigenvalue weighted by atomic mass is 9.99. The zero-order valence-corrected chi connectivity index (χ0v) is 15.9. The van der Waals surface area contributed by atoms with E-state index in [2.05, 4.69) is 50.9 Å². The van der Waals surface area contributed by atoms with Gasteiger partial charge < -0.3 is 15.5 Å². The standard InChI is InChI=1S/C22H28N4O/c1-23-22(25-14-13-24-21(27)20-10-6-3-7-11-20)26-15-12-19(17-26)16-18-8-4-2-5-9-18/h2-11,19H,12-17H2,1H3,(H,23,25)(H,24,27). The quantitative estimate of drug-likeness (QED) is 0.471. The Morgan fingerprint density at radius 2 is 1.70 bits per heavy atom. The summed E-state index contributed by atoms with van der Waals surface area (Å²) in [6.07, 6.45) is 2.29. The normalized spacial score (nSPS) is 17.0. The van der Waals surface area contributed by atoms with Crippen LogP contribution in [0.3, 0.4) is 0 Å². The molecule has 1 aliphatic heterocycles. The maximum Gasteiger partial charge on any atom is 0.251 e. The topological polar surface area (TPSA) is 56.7 Å². The second-order valence-corrected chi connectivity index (χ2v) is 6.89. The van der Waals surface area contributed by atoms with E-state index in [9.17, 15) is 4.79 Å². The molecule has 2 aromatic rings. The van der Waals surface area contributed by atoms with Crippen molar-refractivity contribution in [3.05, 3.63) is 71.8 Å². The van der Waals surface area contributed by atoms with Gasteiger partial charge >= 0.3 is 0 Å². The molecule has 0 aliphatic carbocycles. The summed E-state index contributed by atoms with van der Waals surface area (Å²) >= 11 is 0. The lowest BCUT2D eigenvalue weighted by molar-refractivity contribution is 0.0954. The van der Waals surface area contributed by atoms with E-state index < -0.39 is 0 Å². The Bertz CT molecular complexity index is 745. The Balaban J connectivity index is 1.40. The van der Waals surface area contributed by atoms with Gasteiger partial charge in [0.25, 0.3) is 5.91 Å². The molecule has 0 aromatic heterocycles. The van der Waals surface area contributed by atoms with Crippen LogP contribution in [0.5, 0.6) is 0 Å². The average molecular weight is 364 g/mol. The number of carbonyl (C=O) groups excluding carboxylic acids is 1. The first kappa shape index (κ1) is 19.0. The third kappa shape index (κ3) is 5.58. The van der Waals surface area contributed by atoms with E-state index in [0.29, 0.717) is 24.6 Å². The van der Waals surface area contributed by atoms with Crippen LogP contribution < -0.4 is 10.6 Å². The molecule has 5 heteroatoms. The second kappa shape index (κ2) is 9.76. The van der Waals surface area contributed by atoms with Crippen molar-refractivity contribution in [2.75, 3.05) is 33.2 Å². The van der Waals surface area contributed by atoms with Gasteiger partial charge in [-0.05, 0) is 36.5 Å². The number of nitrogens with zero attached hydrogens (tertiary/aromatic N) is 2. The third-order valence-electron chi connectivity index (χ3n) is 4.89. The second-order valence-electron chi connectivity index (χ2n) is 6.89. The fourth-order valence-electron chi connectivity index (χ4n) is 3.51. The van der Waals surface area contributed by atoms with Crippen molar-refractivity contribution >= 4 is 11.9 Å². The zero-order valence-electron chi connectivity index (χ0n) is 15.9. The fraction of sp³-hybridized carbons (Fsp3) is 0.364. The highest BCUT2D eigenvalue weighted by Gasteiger charge is 2.24. The Hall–Kier alpha value is -2.82. The molecule has 1 atom stereocenters. The van der Waals surface area contributed by atoms with Gasteiger partial charge in [-0.15, -0.1) is 0 Å². The molecule has 1 saturated heterocycles. The molecule has 142 valence electrons. The number of carbonyl (C=O) groups is 1. The van der Waals surface area contributed by atoms with Crippen molar-refractivity contribution in [2.24, 2.45) is 10.9 Å². The maximum atomic E-state index is 12.1. The van der Waals surface area contributed by atoms with Gasteiger partial charge in [0.05, 0.1) is 0 Å². The van der Waals surface area contributed by atoms with E-state index in [-0.39, 0.29) is 5.91 Å². The first-order valence-electron chi connectivity index (χ1n) is 9.59. The summed E-state index contributed by atoms with van der Waals surface area (Å²) in [4.78, 5) is 18.8. The molecule has 27 heavy (non-hydrogen) atoms. The van der Waals surface area contributed by atoms with Gasteiger partial charge in [0.1, 0.15) is 0 Å². The van der Waals surface area contributed by atoms with E-state index in [1.807, 2.05) is 37.4 Å². The minimum atomic E-state index is -0.0449. The molecule has 2 N–H and O–H groups in total. The van der Waals surface area contributed by atoms with E-state index in [1.54, 1.807) is 0 Å². The highest BCUT2D eigenvalue weighted by atomic mass is 16.1. The number of hydrogen-bond donors (Lipinski definition) is 2. The number of hydrogen-bond acceptors (Lipinski definition) is 2. The predicted molar refractivity (Wildman–Crippen MR) is 110 cm³/mol. The van der Waals surface area contributed by atoms with Crippen LogP contribution in [0.4, 0.5) is 0 Å². The van der Waals surface area contributed by atoms with Crippen LogP contribution in [0.25, 0.3) is 0 Å². The summed E-state index contributed by atoms with van der Waals surface area (Å²) in [7, 11) is 1.81. The number of benzene rings is 2. The summed E-state index contributed by atoms with van der Waals surface area (Å²) in [6.45, 7) is 3.26. The molecule has 1 unspecified atom stereocenters. The number of rotatable bonds is 6. The predicted octanol–water partition coefficient (Wildman–Crippen LogP) is 2.56. The summed E-state index contributed by atoms with van der Waals surface area (Å²) in [5.41, 5.74) is 2.08. The van der Waals surface area contributed by atoms with Gasteiger partial charge in [0.15, 0.2) is 5.96 Å². The van der Waals surface area contributed by atoms with E-state index in [1.165, 1.54) is 12.0 Å². The van der Waals surface area contributed by atoms with Crippen molar-refractivity contribution in [1.82, 2.24) is 15.5 Å². The average Bonchev–Trinajstić information content (AvgIpc) is 3.17. The molecule has 1 aliphatic rings. The lowest BCUT2D eigenvalue weighted by Crippen LogP contribution is -2.43. The third-order valence-corrected chi connectivity index (χ3v) is 4.89. The molecule has 1 heterocycles. The Morgan fingerprint density at radius 1 is 1.04 bits per heavy atom. The van der Waals surface area contributed by atoms with Crippen LogP contribution in [0.15, 0.2) is 65.7 Å². The van der Waals surface area contributed by atoms with Crippen molar-refractivity contribution in [3.8, 4) is 0 Å². The van der Waals surface area contributed by atoms with Crippen molar-refractivity contribution in [1.29, 1.82) is 0 Å². The number of amides is 1. The molecule has 0 spiro atoms. The van der Waals surface area contributed by atoms with Gasteiger partial charge in [-0.3, -0.25) is 9.79 Å². The molecule has 0 saturated carbocycles. The number of likely N-dealkylation sites (tertiary alicyclic amines) is 1. The summed E-state index contributed by atoms with van der Waals surface area (Å²) in [5, 5.41) is 6.30. The van der Waals surface area contributed by atoms with Gasteiger partial charge in [-0.2, -0.15) is 0 Å². The summed E-state index contributed by atoms with van der Waals surface area (Å²) in [6, 6.07) is 19.9. The minimum Gasteiger partial charge on any atom is -0.354 e. The molecule has 1 fully saturated rings. The molecular formula is C22H28N4O. The van der Waals surface area contributed by atoms with Crippen LogP contribution in [-0.4, -0.2) is 50.0 Å². The number of aliphatic imine (C=N–C) groups is 1. The van der Waals surface area contributed by atoms with Crippen LogP contribution in [0, 0.1) is 5.92 Å². The Labute approximate surface area is 161 Å². The number of nitrogens with one attached hydrogen (secondary N) is 2. The van der Waals surface area contributed by atoms with E-state index in [0.717, 1.165) is 25.5 Å². The number of guanidine groups is 1. The maximum absolute atomic E-state index is 12.1. The monoisotopic (exact) mass is 364 g/mol. The van der Waals surface area contributed by atoms with Gasteiger partial charge in [0, 0.05) is 38.8 Å². The Kier molecular flexibility index (Phi) is 6.85. The van der Waals surface area contributed by atoms with Gasteiger partial charge in [-0.25, -0.2) is 0 Å². The van der Waals surface area contributed by atoms with Gasteiger partial charge in [0.2, 0.25) is 0 Å². The Morgan fingerprint density at radius 3 is 2.41 bits per heavy atom. The summed E-state index contributed by atoms with van der Waals surface area (Å²) < 4.78 is 0. The van der Waals surface area contributed by atoms with Crippen LogP contribution in [0.1, 0.15) is 22.3 Å². The highest BCUT2D eigenvalue weighted by Crippen LogP contribution is 2.20. The fourth-order valence-corrected chi connectivity index (χ4v) is 3.51.